The molecule has 0 spiro atoms. The summed E-state index contributed by atoms with van der Waals surface area (Å²) in [4.78, 5) is 47.6. The molecule has 33 heavy (non-hydrogen) atoms. The fourth-order valence-corrected chi connectivity index (χ4v) is 2.68. The third kappa shape index (κ3) is 8.95. The number of aryl methyl sites for hydroxylation is 2. The zero-order valence-electron chi connectivity index (χ0n) is 19.8. The monoisotopic (exact) mass is 506 g/mol. The average Bonchev–Trinajstić information content (AvgIpc) is 3.40. The van der Waals surface area contributed by atoms with E-state index in [1.165, 1.54) is 7.11 Å². The number of hydrogen-bond donors (Lipinski definition) is 3. The first kappa shape index (κ1) is 32.0. The van der Waals surface area contributed by atoms with Crippen molar-refractivity contribution in [1.82, 2.24) is 19.9 Å². The summed E-state index contributed by atoms with van der Waals surface area (Å²) in [6.07, 6.45) is 3.53. The van der Waals surface area contributed by atoms with Crippen molar-refractivity contribution in [2.75, 3.05) is 7.11 Å². The fourth-order valence-electron chi connectivity index (χ4n) is 2.68. The number of carbonyl (C=O) groups excluding carboxylic acids is 2. The average molecular weight is 507 g/mol. The Bertz CT molecular complexity index is 1230. The van der Waals surface area contributed by atoms with Gasteiger partial charge in [0.05, 0.1) is 29.6 Å². The van der Waals surface area contributed by atoms with Crippen LogP contribution in [0.15, 0.2) is 36.7 Å². The molecule has 4 rings (SSSR count). The maximum atomic E-state index is 11.3. The van der Waals surface area contributed by atoms with E-state index in [4.69, 9.17) is 15.2 Å². The third-order valence-electron chi connectivity index (χ3n) is 4.13. The number of fused-ring (bicyclic) bond motifs is 2. The van der Waals surface area contributed by atoms with E-state index in [-0.39, 0.29) is 122 Å². The summed E-state index contributed by atoms with van der Waals surface area (Å²) in [6, 6.07) is 7.07. The van der Waals surface area contributed by atoms with Crippen molar-refractivity contribution in [3.63, 3.8) is 0 Å². The van der Waals surface area contributed by atoms with E-state index in [0.717, 1.165) is 22.1 Å². The SMILES string of the molecule is COC(=O)c1cc2cc[nH]c2nc1C.Cc1nc2[nH]ccc2cc1C(=O)O.O=CO[O-].[H-].[K+].[K+]. The van der Waals surface area contributed by atoms with E-state index >= 15 is 0 Å². The first-order valence-corrected chi connectivity index (χ1v) is 8.75. The number of methoxy groups -OCH3 is 1. The topological polar surface area (TPSA) is 170 Å². The molecule has 0 radical (unpaired) electrons. The van der Waals surface area contributed by atoms with Crippen molar-refractivity contribution in [3.8, 4) is 0 Å². The normalized spacial score (nSPS) is 9.21. The summed E-state index contributed by atoms with van der Waals surface area (Å²) in [7, 11) is 1.36. The van der Waals surface area contributed by atoms with Gasteiger partial charge in [-0.3, -0.25) is 4.79 Å². The van der Waals surface area contributed by atoms with E-state index in [9.17, 15) is 9.59 Å². The standard InChI is InChI=1S/C10H10N2O2.C9H8N2O2.CH2O3.2K.H/c1-6-8(10(13)14-2)5-7-3-4-11-9(7)12-6;1-5-7(9(12)13)4-6-2-3-10-8(6)11-5;2-1-4-3;;;/h3-5H,1-2H3,(H,11,12);2-4H,1H3,(H,10,11)(H,12,13);1,3H;;;/q;;;2*+1;-1/p-1. The summed E-state index contributed by atoms with van der Waals surface area (Å²) in [5.74, 6) is -1.29. The number of carbonyl (C=O) groups is 3. The maximum Gasteiger partial charge on any atom is 1.00 e. The summed E-state index contributed by atoms with van der Waals surface area (Å²) >= 11 is 0. The molecule has 164 valence electrons. The summed E-state index contributed by atoms with van der Waals surface area (Å²) in [6.45, 7) is 3.29. The minimum Gasteiger partial charge on any atom is -1.00 e. The molecule has 0 saturated carbocycles. The van der Waals surface area contributed by atoms with Crippen molar-refractivity contribution in [2.24, 2.45) is 0 Å². The predicted molar refractivity (Wildman–Crippen MR) is 108 cm³/mol. The first-order valence-electron chi connectivity index (χ1n) is 8.75. The molecule has 4 aromatic heterocycles. The van der Waals surface area contributed by atoms with E-state index in [1.54, 1.807) is 44.4 Å². The Morgan fingerprint density at radius 2 is 1.42 bits per heavy atom. The molecule has 0 saturated heterocycles. The molecule has 4 heterocycles. The summed E-state index contributed by atoms with van der Waals surface area (Å²) < 4.78 is 4.65. The van der Waals surface area contributed by atoms with E-state index in [2.05, 4.69) is 29.6 Å². The second kappa shape index (κ2) is 15.8. The second-order valence-corrected chi connectivity index (χ2v) is 6.06. The number of nitrogens with one attached hydrogen (secondary N) is 2. The number of aromatic amines is 2. The van der Waals surface area contributed by atoms with Crippen LogP contribution in [-0.2, 0) is 14.4 Å². The van der Waals surface area contributed by atoms with Crippen LogP contribution in [0, 0.1) is 13.8 Å². The fraction of sp³-hybridized carbons (Fsp3) is 0.150. The largest absolute Gasteiger partial charge is 1.00 e. The van der Waals surface area contributed by atoms with Gasteiger partial charge in [-0.05, 0) is 38.1 Å². The van der Waals surface area contributed by atoms with Crippen LogP contribution in [0.1, 0.15) is 33.5 Å². The number of hydrogen-bond acceptors (Lipinski definition) is 8. The number of carboxylic acids is 1. The molecule has 0 amide bonds. The Morgan fingerprint density at radius 3 is 1.82 bits per heavy atom. The number of esters is 1. The van der Waals surface area contributed by atoms with Crippen LogP contribution in [0.3, 0.4) is 0 Å². The smallest absolute Gasteiger partial charge is 1.00 e. The molecular weight excluding hydrogens is 486 g/mol. The van der Waals surface area contributed by atoms with Gasteiger partial charge in [-0.2, -0.15) is 0 Å². The van der Waals surface area contributed by atoms with Crippen LogP contribution in [0.2, 0.25) is 0 Å². The van der Waals surface area contributed by atoms with Gasteiger partial charge in [0.1, 0.15) is 11.3 Å². The quantitative estimate of drug-likeness (QED) is 0.0819. The molecule has 4 aromatic rings. The van der Waals surface area contributed by atoms with Crippen molar-refractivity contribution < 1.29 is 139 Å². The number of carboxylic acid groups (broad SMARTS) is 1. The van der Waals surface area contributed by atoms with Crippen molar-refractivity contribution >= 4 is 40.5 Å². The molecule has 0 aliphatic carbocycles. The molecule has 0 fully saturated rings. The molecule has 11 nitrogen and oxygen atoms in total. The van der Waals surface area contributed by atoms with Crippen LogP contribution in [-0.4, -0.2) is 50.6 Å². The Kier molecular flexibility index (Phi) is 15.4. The Balaban J connectivity index is 0. The molecule has 0 aliphatic rings. The van der Waals surface area contributed by atoms with Crippen molar-refractivity contribution in [2.45, 2.75) is 13.8 Å². The molecule has 0 aliphatic heterocycles. The van der Waals surface area contributed by atoms with Crippen LogP contribution in [0.25, 0.3) is 22.1 Å². The van der Waals surface area contributed by atoms with E-state index < -0.39 is 5.97 Å². The third-order valence-corrected chi connectivity index (χ3v) is 4.13. The molecular formula is C20H20K2N4O7. The van der Waals surface area contributed by atoms with Crippen LogP contribution < -0.4 is 108 Å². The number of nitrogens with zero attached hydrogens (tertiary/aromatic N) is 2. The summed E-state index contributed by atoms with van der Waals surface area (Å²) in [5, 5.41) is 19.0. The molecule has 0 unspecified atom stereocenters. The maximum absolute atomic E-state index is 11.3. The van der Waals surface area contributed by atoms with Gasteiger partial charge >= 0.3 is 115 Å². The predicted octanol–water partition coefficient (Wildman–Crippen LogP) is -4.22. The van der Waals surface area contributed by atoms with Crippen LogP contribution in [0.5, 0.6) is 0 Å². The minimum atomic E-state index is -0.937. The van der Waals surface area contributed by atoms with Gasteiger partial charge in [0.15, 0.2) is 0 Å². The minimum absolute atomic E-state index is 0. The molecule has 13 heteroatoms. The van der Waals surface area contributed by atoms with Crippen LogP contribution in [0.4, 0.5) is 0 Å². The molecule has 0 bridgehead atoms. The number of rotatable bonds is 3. The number of aromatic nitrogens is 4. The van der Waals surface area contributed by atoms with Crippen molar-refractivity contribution in [1.29, 1.82) is 0 Å². The molecule has 0 atom stereocenters. The van der Waals surface area contributed by atoms with Gasteiger partial charge in [0, 0.05) is 23.2 Å². The molecule has 3 N–H and O–H groups in total. The van der Waals surface area contributed by atoms with Crippen molar-refractivity contribution in [3.05, 3.63) is 59.2 Å². The van der Waals surface area contributed by atoms with Gasteiger partial charge in [-0.25, -0.2) is 19.6 Å². The first-order chi connectivity index (χ1) is 14.8. The van der Waals surface area contributed by atoms with Crippen LogP contribution >= 0.6 is 0 Å². The number of aromatic carboxylic acids is 1. The Labute approximate surface area is 274 Å². The Morgan fingerprint density at radius 1 is 1.00 bits per heavy atom. The van der Waals surface area contributed by atoms with E-state index in [1.807, 2.05) is 6.07 Å². The van der Waals surface area contributed by atoms with Gasteiger partial charge in [0.25, 0.3) is 6.47 Å². The van der Waals surface area contributed by atoms with Gasteiger partial charge in [-0.1, -0.05) is 0 Å². The summed E-state index contributed by atoms with van der Waals surface area (Å²) in [5.41, 5.74) is 3.48. The molecule has 0 aromatic carbocycles. The van der Waals surface area contributed by atoms with Gasteiger partial charge < -0.3 is 31.4 Å². The van der Waals surface area contributed by atoms with Gasteiger partial charge in [-0.15, -0.1) is 0 Å². The number of ether oxygens (including phenoxy) is 1. The second-order valence-electron chi connectivity index (χ2n) is 6.06. The van der Waals surface area contributed by atoms with Gasteiger partial charge in [0.2, 0.25) is 0 Å². The van der Waals surface area contributed by atoms with E-state index in [0.29, 0.717) is 17.0 Å². The zero-order valence-corrected chi connectivity index (χ0v) is 25.1. The zero-order chi connectivity index (χ0) is 23.0. The number of pyridine rings is 2. The number of H-pyrrole nitrogens is 2. The Hall–Kier alpha value is -0.977.